The number of rotatable bonds is 8. The molecule has 1 heterocycles. The van der Waals surface area contributed by atoms with E-state index >= 15 is 0 Å². The van der Waals surface area contributed by atoms with Gasteiger partial charge in [0.15, 0.2) is 0 Å². The van der Waals surface area contributed by atoms with Crippen molar-refractivity contribution in [2.75, 3.05) is 11.9 Å². The summed E-state index contributed by atoms with van der Waals surface area (Å²) in [6, 6.07) is 19.0. The minimum Gasteiger partial charge on any atom is -0.489 e. The van der Waals surface area contributed by atoms with Crippen LogP contribution in [0.5, 0.6) is 5.75 Å². The molecule has 0 unspecified atom stereocenters. The molecule has 29 heavy (non-hydrogen) atoms. The molecule has 9 heteroatoms. The van der Waals surface area contributed by atoms with Gasteiger partial charge in [-0.15, -0.1) is 11.3 Å². The van der Waals surface area contributed by atoms with Gasteiger partial charge in [0.05, 0.1) is 18.2 Å². The van der Waals surface area contributed by atoms with Gasteiger partial charge >= 0.3 is 0 Å². The van der Waals surface area contributed by atoms with Crippen LogP contribution in [0.15, 0.2) is 70.3 Å². The summed E-state index contributed by atoms with van der Waals surface area (Å²) in [5.74, 6) is 0.0355. The Morgan fingerprint density at radius 1 is 1.10 bits per heavy atom. The van der Waals surface area contributed by atoms with Gasteiger partial charge in [-0.2, -0.15) is 5.26 Å². The number of amides is 1. The molecule has 0 aliphatic rings. The normalized spacial score (nSPS) is 10.9. The van der Waals surface area contributed by atoms with Gasteiger partial charge in [-0.3, -0.25) is 4.79 Å². The molecule has 0 spiro atoms. The van der Waals surface area contributed by atoms with E-state index in [4.69, 9.17) is 10.00 Å². The molecule has 1 amide bonds. The summed E-state index contributed by atoms with van der Waals surface area (Å²) in [4.78, 5) is 12.1. The molecule has 0 saturated carbocycles. The average molecular weight is 428 g/mol. The highest BCUT2D eigenvalue weighted by molar-refractivity contribution is 7.91. The molecule has 3 rings (SSSR count). The third kappa shape index (κ3) is 5.89. The van der Waals surface area contributed by atoms with Crippen molar-refractivity contribution in [2.24, 2.45) is 0 Å². The zero-order chi connectivity index (χ0) is 20.7. The molecule has 0 atom stereocenters. The number of thiophene rings is 1. The molecular weight excluding hydrogens is 410 g/mol. The fourth-order valence-corrected chi connectivity index (χ4v) is 4.43. The summed E-state index contributed by atoms with van der Waals surface area (Å²) in [6.07, 6.45) is 0. The number of hydrogen-bond donors (Lipinski definition) is 2. The Kier molecular flexibility index (Phi) is 6.61. The highest BCUT2D eigenvalue weighted by Gasteiger charge is 2.16. The number of benzene rings is 2. The van der Waals surface area contributed by atoms with E-state index in [0.717, 1.165) is 16.9 Å². The zero-order valence-corrected chi connectivity index (χ0v) is 16.8. The molecule has 0 radical (unpaired) electrons. The predicted molar refractivity (Wildman–Crippen MR) is 110 cm³/mol. The third-order valence-electron chi connectivity index (χ3n) is 3.76. The summed E-state index contributed by atoms with van der Waals surface area (Å²) in [5.41, 5.74) is 1.88. The Hall–Kier alpha value is -3.19. The number of carbonyl (C=O) groups excluding carboxylic acids is 1. The molecular formula is C20H17N3O4S2. The number of nitriles is 1. The second-order valence-corrected chi connectivity index (χ2v) is 8.87. The van der Waals surface area contributed by atoms with Crippen LogP contribution in [-0.2, 0) is 21.4 Å². The highest BCUT2D eigenvalue weighted by Crippen LogP contribution is 2.19. The summed E-state index contributed by atoms with van der Waals surface area (Å²) in [6.45, 7) is -0.111. The molecule has 2 aromatic carbocycles. The molecule has 3 aromatic rings. The van der Waals surface area contributed by atoms with Crippen molar-refractivity contribution < 1.29 is 17.9 Å². The highest BCUT2D eigenvalue weighted by atomic mass is 32.2. The van der Waals surface area contributed by atoms with Gasteiger partial charge < -0.3 is 10.1 Å². The van der Waals surface area contributed by atoms with Crippen LogP contribution in [0.25, 0.3) is 0 Å². The molecule has 148 valence electrons. The van der Waals surface area contributed by atoms with Crippen LogP contribution in [0.1, 0.15) is 11.1 Å². The largest absolute Gasteiger partial charge is 0.489 e. The van der Waals surface area contributed by atoms with Crippen LogP contribution < -0.4 is 14.8 Å². The van der Waals surface area contributed by atoms with Crippen LogP contribution in [0.3, 0.4) is 0 Å². The summed E-state index contributed by atoms with van der Waals surface area (Å²) in [7, 11) is -3.70. The molecule has 0 aliphatic heterocycles. The van der Waals surface area contributed by atoms with E-state index < -0.39 is 15.9 Å². The van der Waals surface area contributed by atoms with Crippen molar-refractivity contribution in [3.05, 3.63) is 77.2 Å². The maximum Gasteiger partial charge on any atom is 0.250 e. The molecule has 0 bridgehead atoms. The van der Waals surface area contributed by atoms with Crippen molar-refractivity contribution in [3.8, 4) is 11.8 Å². The molecule has 2 N–H and O–H groups in total. The summed E-state index contributed by atoms with van der Waals surface area (Å²) in [5, 5.41) is 13.2. The maximum absolute atomic E-state index is 12.1. The first-order valence-corrected chi connectivity index (χ1v) is 10.9. The first-order valence-electron chi connectivity index (χ1n) is 8.51. The lowest BCUT2D eigenvalue weighted by Gasteiger charge is -2.10. The first kappa shape index (κ1) is 20.5. The van der Waals surface area contributed by atoms with Crippen molar-refractivity contribution >= 4 is 33.0 Å². The Morgan fingerprint density at radius 3 is 2.69 bits per heavy atom. The van der Waals surface area contributed by atoms with Crippen molar-refractivity contribution in [1.82, 2.24) is 4.72 Å². The smallest absolute Gasteiger partial charge is 0.250 e. The van der Waals surface area contributed by atoms with Crippen molar-refractivity contribution in [2.45, 2.75) is 10.8 Å². The van der Waals surface area contributed by atoms with E-state index in [-0.39, 0.29) is 17.4 Å². The van der Waals surface area contributed by atoms with Crippen molar-refractivity contribution in [1.29, 1.82) is 5.26 Å². The van der Waals surface area contributed by atoms with E-state index in [0.29, 0.717) is 17.0 Å². The van der Waals surface area contributed by atoms with Gasteiger partial charge in [-0.25, -0.2) is 13.1 Å². The van der Waals surface area contributed by atoms with Crippen LogP contribution in [-0.4, -0.2) is 20.9 Å². The fraction of sp³-hybridized carbons (Fsp3) is 0.100. The zero-order valence-electron chi connectivity index (χ0n) is 15.2. The lowest BCUT2D eigenvalue weighted by atomic mass is 10.1. The molecule has 0 fully saturated rings. The van der Waals surface area contributed by atoms with Crippen LogP contribution in [0.4, 0.5) is 5.69 Å². The summed E-state index contributed by atoms with van der Waals surface area (Å²) >= 11 is 1.08. The third-order valence-corrected chi connectivity index (χ3v) is 6.56. The molecule has 0 saturated heterocycles. The number of carbonyl (C=O) groups is 1. The second-order valence-electron chi connectivity index (χ2n) is 5.93. The van der Waals surface area contributed by atoms with Crippen LogP contribution in [0.2, 0.25) is 0 Å². The standard InChI is InChI=1S/C20H17N3O4S2/c21-12-15-4-1-5-16(10-15)14-27-18-7-2-6-17(11-18)23-19(24)13-22-29(25,26)20-8-3-9-28-20/h1-11,22H,13-14H2,(H,23,24). The van der Waals surface area contributed by atoms with E-state index in [1.807, 2.05) is 6.07 Å². The molecule has 1 aromatic heterocycles. The first-order chi connectivity index (χ1) is 14.0. The maximum atomic E-state index is 12.1. The van der Waals surface area contributed by atoms with E-state index in [2.05, 4.69) is 16.1 Å². The van der Waals surface area contributed by atoms with Gasteiger partial charge in [0.2, 0.25) is 5.91 Å². The second kappa shape index (κ2) is 9.34. The fourth-order valence-electron chi connectivity index (χ4n) is 2.41. The van der Waals surface area contributed by atoms with Gasteiger partial charge in [0.25, 0.3) is 10.0 Å². The lowest BCUT2D eigenvalue weighted by molar-refractivity contribution is -0.115. The monoisotopic (exact) mass is 427 g/mol. The Morgan fingerprint density at radius 2 is 1.93 bits per heavy atom. The van der Waals surface area contributed by atoms with E-state index in [1.54, 1.807) is 53.9 Å². The Labute approximate surface area is 172 Å². The summed E-state index contributed by atoms with van der Waals surface area (Å²) < 4.78 is 32.2. The van der Waals surface area contributed by atoms with Crippen molar-refractivity contribution in [3.63, 3.8) is 0 Å². The van der Waals surface area contributed by atoms with Crippen LogP contribution >= 0.6 is 11.3 Å². The SMILES string of the molecule is N#Cc1cccc(COc2cccc(NC(=O)CNS(=O)(=O)c3cccs3)c2)c1. The van der Waals surface area contributed by atoms with Gasteiger partial charge in [0.1, 0.15) is 16.6 Å². The Bertz CT molecular complexity index is 1140. The van der Waals surface area contributed by atoms with Crippen LogP contribution in [0, 0.1) is 11.3 Å². The number of hydrogen-bond acceptors (Lipinski definition) is 6. The lowest BCUT2D eigenvalue weighted by Crippen LogP contribution is -2.32. The average Bonchev–Trinajstić information content (AvgIpc) is 3.27. The van der Waals surface area contributed by atoms with Gasteiger partial charge in [-0.1, -0.05) is 24.3 Å². The number of nitrogens with zero attached hydrogens (tertiary/aromatic N) is 1. The van der Waals surface area contributed by atoms with E-state index in [9.17, 15) is 13.2 Å². The molecule has 7 nitrogen and oxygen atoms in total. The number of ether oxygens (including phenoxy) is 1. The quantitative estimate of drug-likeness (QED) is 0.574. The van der Waals surface area contributed by atoms with Gasteiger partial charge in [-0.05, 0) is 41.3 Å². The Balaban J connectivity index is 1.55. The van der Waals surface area contributed by atoms with Gasteiger partial charge in [0, 0.05) is 11.8 Å². The van der Waals surface area contributed by atoms with E-state index in [1.165, 1.54) is 6.07 Å². The number of sulfonamides is 1. The minimum atomic E-state index is -3.70. The molecule has 0 aliphatic carbocycles. The predicted octanol–water partition coefficient (Wildman–Crippen LogP) is 3.12. The number of nitrogens with one attached hydrogen (secondary N) is 2. The minimum absolute atomic E-state index is 0.154. The number of anilines is 1. The topological polar surface area (TPSA) is 108 Å².